The Labute approximate surface area is 122 Å². The Morgan fingerprint density at radius 3 is 2.85 bits per heavy atom. The van der Waals surface area contributed by atoms with Crippen LogP contribution >= 0.6 is 11.3 Å². The smallest absolute Gasteiger partial charge is 0.347 e. The van der Waals surface area contributed by atoms with Crippen molar-refractivity contribution in [3.8, 4) is 0 Å². The van der Waals surface area contributed by atoms with E-state index in [1.54, 1.807) is 6.08 Å². The Bertz CT molecular complexity index is 481. The quantitative estimate of drug-likeness (QED) is 0.440. The number of rotatable bonds is 7. The van der Waals surface area contributed by atoms with Crippen LogP contribution in [-0.2, 0) is 19.1 Å². The van der Waals surface area contributed by atoms with E-state index < -0.39 is 18.0 Å². The Balaban J connectivity index is 2.37. The number of aromatic nitrogens is 1. The molecule has 0 amide bonds. The van der Waals surface area contributed by atoms with Crippen molar-refractivity contribution in [2.75, 3.05) is 6.61 Å². The summed E-state index contributed by atoms with van der Waals surface area (Å²) in [6.45, 7) is 5.73. The average molecular weight is 297 g/mol. The summed E-state index contributed by atoms with van der Waals surface area (Å²) in [5.74, 6) is -1.11. The molecular weight excluding hydrogens is 278 g/mol. The molecule has 0 N–H and O–H groups in total. The number of unbranched alkanes of at least 4 members (excludes halogenated alkanes) is 1. The molecule has 110 valence electrons. The third-order valence-corrected chi connectivity index (χ3v) is 3.19. The summed E-state index contributed by atoms with van der Waals surface area (Å²) in [4.78, 5) is 27.2. The maximum absolute atomic E-state index is 11.5. The standard InChI is InChI=1S/C14H19NO4S/c1-4-5-8-18-14(17)10(2)19-13(16)7-6-12-9-20-11(3)15-12/h6-7,9-10H,4-5,8H2,1-3H3/b7-6+. The molecule has 20 heavy (non-hydrogen) atoms. The van der Waals surface area contributed by atoms with Gasteiger partial charge in [-0.25, -0.2) is 14.6 Å². The lowest BCUT2D eigenvalue weighted by Gasteiger charge is -2.11. The minimum absolute atomic E-state index is 0.352. The van der Waals surface area contributed by atoms with Gasteiger partial charge < -0.3 is 9.47 Å². The molecule has 0 aliphatic carbocycles. The molecular formula is C14H19NO4S. The van der Waals surface area contributed by atoms with Crippen LogP contribution in [0, 0.1) is 6.92 Å². The second-order valence-electron chi connectivity index (χ2n) is 4.22. The molecule has 0 saturated carbocycles. The maximum Gasteiger partial charge on any atom is 0.347 e. The zero-order chi connectivity index (χ0) is 15.0. The molecule has 0 aromatic carbocycles. The molecule has 1 atom stereocenters. The van der Waals surface area contributed by atoms with Crippen LogP contribution in [0.4, 0.5) is 0 Å². The highest BCUT2D eigenvalue weighted by atomic mass is 32.1. The second-order valence-corrected chi connectivity index (χ2v) is 5.29. The molecule has 6 heteroatoms. The highest BCUT2D eigenvalue weighted by Gasteiger charge is 2.17. The summed E-state index contributed by atoms with van der Waals surface area (Å²) in [7, 11) is 0. The van der Waals surface area contributed by atoms with Gasteiger partial charge in [-0.2, -0.15) is 0 Å². The first-order valence-corrected chi connectivity index (χ1v) is 7.38. The first-order valence-electron chi connectivity index (χ1n) is 6.50. The lowest BCUT2D eigenvalue weighted by Crippen LogP contribution is -2.25. The zero-order valence-corrected chi connectivity index (χ0v) is 12.7. The van der Waals surface area contributed by atoms with Gasteiger partial charge in [0.2, 0.25) is 0 Å². The van der Waals surface area contributed by atoms with Crippen molar-refractivity contribution in [3.63, 3.8) is 0 Å². The molecule has 0 aliphatic rings. The van der Waals surface area contributed by atoms with E-state index in [1.807, 2.05) is 19.2 Å². The summed E-state index contributed by atoms with van der Waals surface area (Å²) >= 11 is 1.50. The Morgan fingerprint density at radius 1 is 1.50 bits per heavy atom. The monoisotopic (exact) mass is 297 g/mol. The van der Waals surface area contributed by atoms with Crippen LogP contribution in [0.1, 0.15) is 37.4 Å². The highest BCUT2D eigenvalue weighted by Crippen LogP contribution is 2.09. The lowest BCUT2D eigenvalue weighted by molar-refractivity contribution is -0.163. The van der Waals surface area contributed by atoms with Crippen molar-refractivity contribution in [1.29, 1.82) is 0 Å². The van der Waals surface area contributed by atoms with Crippen molar-refractivity contribution in [3.05, 3.63) is 22.2 Å². The molecule has 1 rings (SSSR count). The summed E-state index contributed by atoms with van der Waals surface area (Å²) in [6.07, 6.45) is 3.65. The Hall–Kier alpha value is -1.69. The van der Waals surface area contributed by atoms with Gasteiger partial charge in [-0.3, -0.25) is 0 Å². The number of hydrogen-bond acceptors (Lipinski definition) is 6. The summed E-state index contributed by atoms with van der Waals surface area (Å²) < 4.78 is 9.91. The van der Waals surface area contributed by atoms with Gasteiger partial charge >= 0.3 is 11.9 Å². The van der Waals surface area contributed by atoms with Crippen molar-refractivity contribution >= 4 is 29.4 Å². The highest BCUT2D eigenvalue weighted by molar-refractivity contribution is 7.09. The number of carbonyl (C=O) groups is 2. The molecule has 0 aliphatic heterocycles. The third-order valence-electron chi connectivity index (χ3n) is 2.39. The van der Waals surface area contributed by atoms with E-state index in [9.17, 15) is 9.59 Å². The van der Waals surface area contributed by atoms with Crippen LogP contribution in [0.5, 0.6) is 0 Å². The van der Waals surface area contributed by atoms with Crippen molar-refractivity contribution in [2.45, 2.75) is 39.7 Å². The van der Waals surface area contributed by atoms with Gasteiger partial charge in [0.1, 0.15) is 0 Å². The molecule has 1 heterocycles. The number of esters is 2. The SMILES string of the molecule is CCCCOC(=O)C(C)OC(=O)/C=C/c1csc(C)n1. The molecule has 1 unspecified atom stereocenters. The van der Waals surface area contributed by atoms with Gasteiger partial charge in [-0.05, 0) is 26.3 Å². The third kappa shape index (κ3) is 5.97. The average Bonchev–Trinajstić information content (AvgIpc) is 2.82. The van der Waals surface area contributed by atoms with Crippen molar-refractivity contribution < 1.29 is 19.1 Å². The number of nitrogens with zero attached hydrogens (tertiary/aromatic N) is 1. The van der Waals surface area contributed by atoms with E-state index in [2.05, 4.69) is 4.98 Å². The molecule has 0 bridgehead atoms. The largest absolute Gasteiger partial charge is 0.463 e. The van der Waals surface area contributed by atoms with Gasteiger partial charge in [-0.15, -0.1) is 11.3 Å². The zero-order valence-electron chi connectivity index (χ0n) is 11.9. The fourth-order valence-electron chi connectivity index (χ4n) is 1.31. The van der Waals surface area contributed by atoms with Crippen LogP contribution in [0.3, 0.4) is 0 Å². The summed E-state index contributed by atoms with van der Waals surface area (Å²) in [6, 6.07) is 0. The van der Waals surface area contributed by atoms with Crippen LogP contribution in [0.25, 0.3) is 6.08 Å². The molecule has 0 spiro atoms. The van der Waals surface area contributed by atoms with Crippen LogP contribution in [0.2, 0.25) is 0 Å². The minimum atomic E-state index is -0.902. The number of ether oxygens (including phenoxy) is 2. The van der Waals surface area contributed by atoms with Gasteiger partial charge in [0.15, 0.2) is 6.10 Å². The molecule has 0 radical (unpaired) electrons. The second kappa shape index (κ2) is 8.47. The summed E-state index contributed by atoms with van der Waals surface area (Å²) in [5, 5.41) is 2.76. The molecule has 1 aromatic heterocycles. The first kappa shape index (κ1) is 16.4. The van der Waals surface area contributed by atoms with Crippen LogP contribution < -0.4 is 0 Å². The van der Waals surface area contributed by atoms with Gasteiger partial charge in [0, 0.05) is 11.5 Å². The van der Waals surface area contributed by atoms with Crippen LogP contribution in [-0.4, -0.2) is 29.6 Å². The lowest BCUT2D eigenvalue weighted by atomic mass is 10.3. The Morgan fingerprint density at radius 2 is 2.25 bits per heavy atom. The van der Waals surface area contributed by atoms with E-state index in [0.717, 1.165) is 17.8 Å². The van der Waals surface area contributed by atoms with Crippen molar-refractivity contribution in [2.24, 2.45) is 0 Å². The summed E-state index contributed by atoms with van der Waals surface area (Å²) in [5.41, 5.74) is 0.697. The fraction of sp³-hybridized carbons (Fsp3) is 0.500. The van der Waals surface area contributed by atoms with E-state index in [-0.39, 0.29) is 0 Å². The predicted molar refractivity (Wildman–Crippen MR) is 77.3 cm³/mol. The minimum Gasteiger partial charge on any atom is -0.463 e. The first-order chi connectivity index (χ1) is 9.52. The number of hydrogen-bond donors (Lipinski definition) is 0. The predicted octanol–water partition coefficient (Wildman–Crippen LogP) is 2.74. The maximum atomic E-state index is 11.5. The fourth-order valence-corrected chi connectivity index (χ4v) is 1.89. The van der Waals surface area contributed by atoms with Gasteiger partial charge in [0.25, 0.3) is 0 Å². The van der Waals surface area contributed by atoms with E-state index >= 15 is 0 Å². The van der Waals surface area contributed by atoms with Crippen LogP contribution in [0.15, 0.2) is 11.5 Å². The van der Waals surface area contributed by atoms with Crippen molar-refractivity contribution in [1.82, 2.24) is 4.98 Å². The topological polar surface area (TPSA) is 65.5 Å². The number of aryl methyl sites for hydroxylation is 1. The van der Waals surface area contributed by atoms with E-state index in [4.69, 9.17) is 9.47 Å². The Kier molecular flexibility index (Phi) is 6.93. The molecule has 0 saturated heterocycles. The van der Waals surface area contributed by atoms with E-state index in [0.29, 0.717) is 12.3 Å². The number of carbonyl (C=O) groups excluding carboxylic acids is 2. The van der Waals surface area contributed by atoms with E-state index in [1.165, 1.54) is 24.3 Å². The normalized spacial score (nSPS) is 12.3. The number of thiazole rings is 1. The molecule has 1 aromatic rings. The molecule has 5 nitrogen and oxygen atoms in total. The van der Waals surface area contributed by atoms with Gasteiger partial charge in [0.05, 0.1) is 17.3 Å². The van der Waals surface area contributed by atoms with Gasteiger partial charge in [-0.1, -0.05) is 13.3 Å². The molecule has 0 fully saturated rings.